The molecule has 0 spiro atoms. The van der Waals surface area contributed by atoms with Crippen LogP contribution in [0.25, 0.3) is 0 Å². The maximum Gasteiger partial charge on any atom is 0.460 e. The predicted molar refractivity (Wildman–Crippen MR) is 202 cm³/mol. The van der Waals surface area contributed by atoms with Crippen molar-refractivity contribution >= 4 is 11.9 Å². The van der Waals surface area contributed by atoms with Crippen LogP contribution in [0.5, 0.6) is 0 Å². The van der Waals surface area contributed by atoms with Gasteiger partial charge in [-0.2, -0.15) is 198 Å². The second-order valence-electron chi connectivity index (χ2n) is 19.0. The first-order valence-electron chi connectivity index (χ1n) is 23.4. The van der Waals surface area contributed by atoms with Gasteiger partial charge in [-0.15, -0.1) is 0 Å². The second kappa shape index (κ2) is 25.5. The number of hydrogen-bond donors (Lipinski definition) is 0. The van der Waals surface area contributed by atoms with Crippen LogP contribution < -0.4 is 0 Å². The van der Waals surface area contributed by atoms with E-state index in [-0.39, 0.29) is 32.1 Å². The fraction of sp³-hybridized carbons (Fsp3) is 0.951. The fourth-order valence-corrected chi connectivity index (χ4v) is 6.75. The minimum Gasteiger partial charge on any atom is -0.462 e. The van der Waals surface area contributed by atoms with Gasteiger partial charge in [-0.05, 0) is 12.8 Å². The summed E-state index contributed by atoms with van der Waals surface area (Å²) in [5.74, 6) is -217. The van der Waals surface area contributed by atoms with Crippen LogP contribution in [0, 0.1) is 0 Å². The zero-order valence-corrected chi connectivity index (χ0v) is 43.1. The lowest BCUT2D eigenvalue weighted by atomic mass is 9.81. The van der Waals surface area contributed by atoms with Gasteiger partial charge in [0, 0.05) is 12.8 Å². The summed E-state index contributed by atoms with van der Waals surface area (Å²) in [5, 5.41) is 0. The van der Waals surface area contributed by atoms with Gasteiger partial charge < -0.3 is 9.47 Å². The van der Waals surface area contributed by atoms with Crippen LogP contribution >= 0.6 is 0 Å². The van der Waals surface area contributed by atoms with Crippen LogP contribution in [-0.4, -0.2) is 155 Å². The van der Waals surface area contributed by atoms with Crippen LogP contribution in [0.1, 0.15) is 97.3 Å². The van der Waals surface area contributed by atoms with E-state index < -0.39 is 174 Å². The molecule has 1 unspecified atom stereocenters. The Hall–Kier alpha value is -4.21. The molecule has 0 fully saturated rings. The van der Waals surface area contributed by atoms with E-state index in [9.17, 15) is 198 Å². The van der Waals surface area contributed by atoms with Gasteiger partial charge in [0.25, 0.3) is 0 Å². The van der Waals surface area contributed by atoms with Gasteiger partial charge in [0.15, 0.2) is 0 Å². The maximum atomic E-state index is 15.0. The van der Waals surface area contributed by atoms with Crippen LogP contribution in [-0.2, 0) is 19.1 Å². The van der Waals surface area contributed by atoms with E-state index in [1.54, 1.807) is 13.8 Å². The minimum atomic E-state index is -10.8. The molecule has 538 valence electrons. The van der Waals surface area contributed by atoms with Crippen LogP contribution in [0.2, 0.25) is 0 Å². The molecular weight excluding hydrogens is 1410 g/mol. The summed E-state index contributed by atoms with van der Waals surface area (Å²) in [6.45, 7) is 1.14. The Labute approximate surface area is 469 Å². The van der Waals surface area contributed by atoms with E-state index in [2.05, 4.69) is 9.47 Å². The van der Waals surface area contributed by atoms with Crippen molar-refractivity contribution in [3.8, 4) is 0 Å². The number of esters is 2. The summed E-state index contributed by atoms with van der Waals surface area (Å²) in [4.78, 5) is 24.3. The molecule has 1 atom stereocenters. The molecule has 0 rings (SSSR count). The summed E-state index contributed by atoms with van der Waals surface area (Å²) in [6, 6.07) is 0. The maximum absolute atomic E-state index is 15.0. The van der Waals surface area contributed by atoms with Crippen LogP contribution in [0.15, 0.2) is 0 Å². The van der Waals surface area contributed by atoms with Gasteiger partial charge in [-0.3, -0.25) is 9.59 Å². The molecule has 0 saturated carbocycles. The normalized spacial score (nSPS) is 16.4. The molecule has 0 N–H and O–H groups in total. The van der Waals surface area contributed by atoms with Crippen molar-refractivity contribution in [2.24, 2.45) is 0 Å². The molecule has 0 bridgehead atoms. The molecular formula is C41H35F45O4. The second-order valence-corrected chi connectivity index (χ2v) is 19.0. The lowest BCUT2D eigenvalue weighted by Crippen LogP contribution is -2.81. The number of unbranched alkanes of at least 4 members (excludes halogenated alkanes) is 8. The largest absolute Gasteiger partial charge is 0.462 e. The highest BCUT2D eigenvalue weighted by Crippen LogP contribution is 2.72. The zero-order valence-electron chi connectivity index (χ0n) is 43.1. The van der Waals surface area contributed by atoms with Crippen molar-refractivity contribution in [1.29, 1.82) is 0 Å². The molecule has 0 aliphatic heterocycles. The van der Waals surface area contributed by atoms with Crippen molar-refractivity contribution < 1.29 is 217 Å². The first kappa shape index (κ1) is 85.8. The Morgan fingerprint density at radius 3 is 0.656 bits per heavy atom. The molecule has 0 aromatic rings. The Bertz CT molecular complexity index is 2400. The Morgan fingerprint density at radius 2 is 0.444 bits per heavy atom. The Morgan fingerprint density at radius 1 is 0.256 bits per heavy atom. The average molecular weight is 1450 g/mol. The van der Waals surface area contributed by atoms with E-state index in [0.717, 1.165) is 0 Å². The number of alkyl halides is 45. The highest BCUT2D eigenvalue weighted by molar-refractivity contribution is 5.70. The summed E-state index contributed by atoms with van der Waals surface area (Å²) in [6.07, 6.45) is -15.5. The van der Waals surface area contributed by atoms with E-state index in [4.69, 9.17) is 0 Å². The first-order valence-corrected chi connectivity index (χ1v) is 23.4. The lowest BCUT2D eigenvalue weighted by molar-refractivity contribution is -0.497. The smallest absolute Gasteiger partial charge is 0.460 e. The standard InChI is InChI=1S/C41H35F45O4/c1-3-5-7-9-11-13-18(87)89-16-17(90-19(88)14-12-10-8-6-4-2)15-20(42,43)21(44,45)22(46,47)23(48,49)24(50,51)25(52,53)26(54,55)27(56,57)28(58,59)29(60,61)30(62,63)31(64,65)32(66,67)33(68,69)34(70,71)35(72,73)36(74,75)37(76,77)38(78,79)39(80,81)40(82,83)41(84,85)86/h17H,3-16H2,1-2H3. The third kappa shape index (κ3) is 12.7. The van der Waals surface area contributed by atoms with Gasteiger partial charge in [-0.1, -0.05) is 65.2 Å². The number of carbonyl (C=O) groups excluding carboxylic acids is 2. The molecule has 0 heterocycles. The molecule has 0 saturated heterocycles. The topological polar surface area (TPSA) is 52.6 Å². The number of ether oxygens (including phenoxy) is 2. The first-order chi connectivity index (χ1) is 39.0. The fourth-order valence-electron chi connectivity index (χ4n) is 6.75. The van der Waals surface area contributed by atoms with Gasteiger partial charge in [0.1, 0.15) is 12.7 Å². The van der Waals surface area contributed by atoms with Crippen LogP contribution in [0.3, 0.4) is 0 Å². The highest BCUT2D eigenvalue weighted by atomic mass is 19.4. The number of hydrogen-bond acceptors (Lipinski definition) is 4. The van der Waals surface area contributed by atoms with Crippen LogP contribution in [0.4, 0.5) is 198 Å². The minimum absolute atomic E-state index is 0.0000756. The average Bonchev–Trinajstić information content (AvgIpc) is 1.50. The molecule has 0 amide bonds. The Kier molecular flexibility index (Phi) is 24.3. The predicted octanol–water partition coefficient (Wildman–Crippen LogP) is 19.5. The third-order valence-corrected chi connectivity index (χ3v) is 12.5. The quantitative estimate of drug-likeness (QED) is 0.0353. The van der Waals surface area contributed by atoms with Crippen molar-refractivity contribution in [3.63, 3.8) is 0 Å². The SMILES string of the molecule is CCCCCCCC(=O)OCC(CC(F)(F)C(F)(F)C(F)(F)C(F)(F)C(F)(F)C(F)(F)C(F)(F)C(F)(F)C(F)(F)C(F)(F)C(F)(F)C(F)(F)C(F)(F)C(F)(F)C(F)(F)C(F)(F)C(F)(F)C(F)(F)C(F)(F)C(F)(F)C(F)(F)C(F)(F)F)OC(=O)CCCCCCC. The van der Waals surface area contributed by atoms with Crippen molar-refractivity contribution in [1.82, 2.24) is 0 Å². The van der Waals surface area contributed by atoms with Crippen molar-refractivity contribution in [2.75, 3.05) is 6.61 Å². The lowest BCUT2D eigenvalue weighted by Gasteiger charge is -2.47. The molecule has 0 aliphatic rings. The van der Waals surface area contributed by atoms with Gasteiger partial charge in [-0.25, -0.2) is 0 Å². The molecule has 90 heavy (non-hydrogen) atoms. The van der Waals surface area contributed by atoms with Gasteiger partial charge in [0.05, 0.1) is 6.42 Å². The van der Waals surface area contributed by atoms with E-state index in [0.29, 0.717) is 32.1 Å². The summed E-state index contributed by atoms with van der Waals surface area (Å²) < 4.78 is 645. The number of halogens is 45. The van der Waals surface area contributed by atoms with Gasteiger partial charge >= 0.3 is 142 Å². The molecule has 0 aromatic heterocycles. The summed E-state index contributed by atoms with van der Waals surface area (Å²) >= 11 is 0. The van der Waals surface area contributed by atoms with Crippen molar-refractivity contribution in [3.05, 3.63) is 0 Å². The Balaban J connectivity index is 7.90. The summed E-state index contributed by atoms with van der Waals surface area (Å²) in [5.41, 5.74) is 0. The summed E-state index contributed by atoms with van der Waals surface area (Å²) in [7, 11) is 0. The molecule has 49 heteroatoms. The van der Waals surface area contributed by atoms with E-state index >= 15 is 8.78 Å². The highest BCUT2D eigenvalue weighted by Gasteiger charge is 3.04. The van der Waals surface area contributed by atoms with E-state index in [1.165, 1.54) is 0 Å². The number of rotatable bonds is 37. The van der Waals surface area contributed by atoms with Gasteiger partial charge in [0.2, 0.25) is 0 Å². The molecule has 4 nitrogen and oxygen atoms in total. The molecule has 0 aliphatic carbocycles. The molecule has 0 aromatic carbocycles. The van der Waals surface area contributed by atoms with Crippen molar-refractivity contribution in [2.45, 2.75) is 234 Å². The van der Waals surface area contributed by atoms with E-state index in [1.807, 2.05) is 0 Å². The molecule has 0 radical (unpaired) electrons. The third-order valence-electron chi connectivity index (χ3n) is 12.5. The number of carbonyl (C=O) groups is 2. The zero-order chi connectivity index (χ0) is 73.0. The monoisotopic (exact) mass is 1450 g/mol.